The molecular weight excluding hydrogens is 245 g/mol. The average molecular weight is 256 g/mol. The average Bonchev–Trinajstić information content (AvgIpc) is 2.17. The maximum atomic E-state index is 11.0. The predicted octanol–water partition coefficient (Wildman–Crippen LogP) is 2.07. The predicted molar refractivity (Wildman–Crippen MR) is 59.7 cm³/mol. The molecule has 1 unspecified atom stereocenters. The molecule has 0 saturated heterocycles. The summed E-state index contributed by atoms with van der Waals surface area (Å²) < 4.78 is 4.23. The van der Waals surface area contributed by atoms with Crippen LogP contribution in [-0.2, 0) is 4.74 Å². The molecule has 3 nitrogen and oxygen atoms in total. The van der Waals surface area contributed by atoms with E-state index in [9.17, 15) is 4.79 Å². The summed E-state index contributed by atoms with van der Waals surface area (Å²) in [5, 5.41) is 0. The number of methoxy groups -OCH3 is 1. The molecule has 1 heterocycles. The fourth-order valence-corrected chi connectivity index (χ4v) is 1.06. The highest BCUT2D eigenvalue weighted by molar-refractivity contribution is 9.09. The molecule has 0 fully saturated rings. The van der Waals surface area contributed by atoms with Gasteiger partial charge in [0.05, 0.1) is 15.0 Å². The van der Waals surface area contributed by atoms with Crippen molar-refractivity contribution in [2.45, 2.75) is 12.2 Å². The van der Waals surface area contributed by atoms with Gasteiger partial charge in [0.1, 0.15) is 5.69 Å². The van der Waals surface area contributed by atoms with Gasteiger partial charge in [0, 0.05) is 10.9 Å². The second-order valence-corrected chi connectivity index (χ2v) is 3.36. The molecule has 1 aromatic heterocycles. The fraction of sp³-hybridized carbons (Fsp3) is 0.333. The molecule has 0 spiro atoms. The molecule has 14 heavy (non-hydrogen) atoms. The van der Waals surface area contributed by atoms with Crippen molar-refractivity contribution >= 4 is 29.7 Å². The molecule has 0 aliphatic carbocycles. The number of nitrogens with zero attached hydrogens (tertiary/aromatic N) is 1. The van der Waals surface area contributed by atoms with Crippen LogP contribution in [0.25, 0.3) is 0 Å². The lowest BCUT2D eigenvalue weighted by Crippen LogP contribution is -2.04. The van der Waals surface area contributed by atoms with Crippen molar-refractivity contribution in [3.05, 3.63) is 29.6 Å². The third-order valence-electron chi connectivity index (χ3n) is 1.50. The normalized spacial score (nSPS) is 11.3. The summed E-state index contributed by atoms with van der Waals surface area (Å²) in [6.45, 7) is 0. The molecule has 1 atom stereocenters. The smallest absolute Gasteiger partial charge is 0.356 e. The van der Waals surface area contributed by atoms with Crippen molar-refractivity contribution in [1.82, 2.24) is 4.98 Å². The van der Waals surface area contributed by atoms with Gasteiger partial charge in [-0.15, -0.1) is 0 Å². The first-order valence-corrected chi connectivity index (χ1v) is 4.50. The zero-order valence-corrected chi connectivity index (χ0v) is 8.61. The first-order chi connectivity index (χ1) is 6.15. The number of ether oxygens (including phenoxy) is 1. The van der Waals surface area contributed by atoms with E-state index in [0.29, 0.717) is 0 Å². The van der Waals surface area contributed by atoms with Crippen LogP contribution in [-0.4, -0.2) is 25.9 Å². The molecular formula is C9H11BBrNO2. The molecule has 0 bridgehead atoms. The van der Waals surface area contributed by atoms with Gasteiger partial charge in [0.15, 0.2) is 0 Å². The van der Waals surface area contributed by atoms with Gasteiger partial charge >= 0.3 is 5.97 Å². The number of hydrogen-bond acceptors (Lipinski definition) is 3. The maximum absolute atomic E-state index is 11.0. The van der Waals surface area contributed by atoms with Gasteiger partial charge < -0.3 is 4.74 Å². The van der Waals surface area contributed by atoms with E-state index >= 15 is 0 Å². The third-order valence-corrected chi connectivity index (χ3v) is 2.03. The molecule has 1 rings (SSSR count). The van der Waals surface area contributed by atoms with E-state index in [1.807, 2.05) is 0 Å². The highest BCUT2D eigenvalue weighted by Crippen LogP contribution is 2.17. The molecule has 0 saturated carbocycles. The van der Waals surface area contributed by atoms with Crippen molar-refractivity contribution in [3.63, 3.8) is 0 Å². The van der Waals surface area contributed by atoms with Crippen LogP contribution in [0.2, 0.25) is 0 Å². The second-order valence-electron chi connectivity index (χ2n) is 2.37. The third kappa shape index (κ3) is 3.14. The molecule has 2 radical (unpaired) electrons. The van der Waals surface area contributed by atoms with E-state index in [2.05, 4.69) is 25.7 Å². The van der Waals surface area contributed by atoms with Gasteiger partial charge in [-0.25, -0.2) is 9.78 Å². The Hall–Kier alpha value is -0.835. The first kappa shape index (κ1) is 13.2. The van der Waals surface area contributed by atoms with Gasteiger partial charge in [-0.1, -0.05) is 29.4 Å². The molecule has 0 aromatic carbocycles. The van der Waals surface area contributed by atoms with Crippen molar-refractivity contribution in [2.75, 3.05) is 7.11 Å². The number of halogens is 1. The quantitative estimate of drug-likeness (QED) is 0.462. The number of pyridine rings is 1. The minimum absolute atomic E-state index is 0. The molecule has 74 valence electrons. The zero-order valence-electron chi connectivity index (χ0n) is 7.03. The van der Waals surface area contributed by atoms with Gasteiger partial charge in [-0.3, -0.25) is 0 Å². The van der Waals surface area contributed by atoms with E-state index < -0.39 is 5.97 Å². The molecule has 0 amide bonds. The number of esters is 1. The van der Waals surface area contributed by atoms with Crippen molar-refractivity contribution in [2.24, 2.45) is 0 Å². The highest BCUT2D eigenvalue weighted by Gasteiger charge is 2.07. The summed E-state index contributed by atoms with van der Waals surface area (Å²) in [6, 6.07) is 3.29. The van der Waals surface area contributed by atoms with E-state index in [1.165, 1.54) is 13.3 Å². The number of carbonyl (C=O) groups is 1. The van der Waals surface area contributed by atoms with Crippen LogP contribution in [0.15, 0.2) is 18.3 Å². The summed E-state index contributed by atoms with van der Waals surface area (Å²) in [6.07, 6.45) is 1.53. The lowest BCUT2D eigenvalue weighted by molar-refractivity contribution is 0.0594. The molecule has 5 heteroatoms. The Balaban J connectivity index is 0.00000169. The Morgan fingerprint density at radius 3 is 2.64 bits per heavy atom. The summed E-state index contributed by atoms with van der Waals surface area (Å²) in [5.41, 5.74) is 1.09. The Morgan fingerprint density at radius 2 is 2.29 bits per heavy atom. The Morgan fingerprint density at radius 1 is 1.64 bits per heavy atom. The maximum Gasteiger partial charge on any atom is 0.356 e. The van der Waals surface area contributed by atoms with Crippen LogP contribution in [0.4, 0.5) is 0 Å². The van der Waals surface area contributed by atoms with Crippen molar-refractivity contribution in [1.29, 1.82) is 0 Å². The number of rotatable bonds is 2. The topological polar surface area (TPSA) is 39.2 Å². The Bertz CT molecular complexity index is 300. The lowest BCUT2D eigenvalue weighted by Gasteiger charge is -2.03. The van der Waals surface area contributed by atoms with Crippen LogP contribution < -0.4 is 0 Å². The van der Waals surface area contributed by atoms with E-state index in [1.54, 1.807) is 12.1 Å². The van der Waals surface area contributed by atoms with E-state index in [0.717, 1.165) is 5.56 Å². The van der Waals surface area contributed by atoms with Crippen LogP contribution in [0.1, 0.15) is 28.2 Å². The van der Waals surface area contributed by atoms with E-state index in [-0.39, 0.29) is 17.8 Å². The van der Waals surface area contributed by atoms with Gasteiger partial charge in [0.2, 0.25) is 0 Å². The number of carbonyl (C=O) groups excluding carboxylic acids is 1. The Labute approximate surface area is 93.4 Å². The highest BCUT2D eigenvalue weighted by atomic mass is 79.9. The van der Waals surface area contributed by atoms with Crippen LogP contribution >= 0.6 is 15.9 Å². The summed E-state index contributed by atoms with van der Waals surface area (Å²) in [4.78, 5) is 14.9. The lowest BCUT2D eigenvalue weighted by atomic mass is 9.98. The number of hydrogen-bond donors (Lipinski definition) is 0. The van der Waals surface area contributed by atoms with Crippen LogP contribution in [0, 0.1) is 0 Å². The first-order valence-electron chi connectivity index (χ1n) is 3.59. The van der Waals surface area contributed by atoms with E-state index in [4.69, 9.17) is 7.85 Å². The fourth-order valence-electron chi connectivity index (χ4n) is 0.794. The number of alkyl halides is 1. The zero-order chi connectivity index (χ0) is 9.84. The summed E-state index contributed by atoms with van der Waals surface area (Å²) in [5.74, 6) is -0.449. The minimum Gasteiger partial charge on any atom is -0.464 e. The summed E-state index contributed by atoms with van der Waals surface area (Å²) >= 11 is 3.18. The second kappa shape index (κ2) is 5.80. The standard InChI is InChI=1S/C8H7BBrNO2.CH4/c1-13-8(12)6-3-2-5(4-11-6)7(9)10;/h2-4,7H,1H3;1H4. The molecule has 0 aliphatic rings. The van der Waals surface area contributed by atoms with Crippen LogP contribution in [0.5, 0.6) is 0 Å². The molecule has 0 N–H and O–H groups in total. The van der Waals surface area contributed by atoms with Gasteiger partial charge in [-0.2, -0.15) is 0 Å². The van der Waals surface area contributed by atoms with Crippen LogP contribution in [0.3, 0.4) is 0 Å². The largest absolute Gasteiger partial charge is 0.464 e. The monoisotopic (exact) mass is 255 g/mol. The van der Waals surface area contributed by atoms with Crippen molar-refractivity contribution in [3.8, 4) is 0 Å². The molecule has 0 aliphatic heterocycles. The molecule has 1 aromatic rings. The SMILES string of the molecule is C.[B]C(Br)c1ccc(C(=O)OC)nc1. The number of aromatic nitrogens is 1. The van der Waals surface area contributed by atoms with Gasteiger partial charge in [0.25, 0.3) is 0 Å². The van der Waals surface area contributed by atoms with Crippen molar-refractivity contribution < 1.29 is 9.53 Å². The summed E-state index contributed by atoms with van der Waals surface area (Å²) in [7, 11) is 6.85. The van der Waals surface area contributed by atoms with Gasteiger partial charge in [-0.05, 0) is 11.6 Å². The minimum atomic E-state index is -0.449. The Kier molecular flexibility index (Phi) is 5.46.